The summed E-state index contributed by atoms with van der Waals surface area (Å²) in [4.78, 5) is -0.123. The fourth-order valence-corrected chi connectivity index (χ4v) is 4.04. The zero-order valence-corrected chi connectivity index (χ0v) is 9.73. The van der Waals surface area contributed by atoms with Crippen LogP contribution in [-0.4, -0.2) is 19.8 Å². The van der Waals surface area contributed by atoms with Gasteiger partial charge < -0.3 is 9.47 Å². The van der Waals surface area contributed by atoms with E-state index >= 15 is 0 Å². The Morgan fingerprint density at radius 2 is 2.12 bits per heavy atom. The number of benzene rings is 1. The van der Waals surface area contributed by atoms with Gasteiger partial charge in [-0.3, -0.25) is 4.55 Å². The van der Waals surface area contributed by atoms with Gasteiger partial charge >= 0.3 is 0 Å². The highest BCUT2D eigenvalue weighted by atomic mass is 32.2. The monoisotopic (exact) mass is 260 g/mol. The molecule has 0 saturated carbocycles. The Bertz CT molecular complexity index is 532. The average Bonchev–Trinajstić information content (AvgIpc) is 2.77. The van der Waals surface area contributed by atoms with Gasteiger partial charge in [0.1, 0.15) is 4.90 Å². The van der Waals surface area contributed by atoms with Crippen LogP contribution < -0.4 is 9.47 Å². The average molecular weight is 260 g/mol. The Balaban J connectivity index is 2.37. The highest BCUT2D eigenvalue weighted by Crippen LogP contribution is 2.46. The molecule has 86 valence electrons. The normalized spacial score (nSPS) is 17.6. The van der Waals surface area contributed by atoms with E-state index in [1.54, 1.807) is 17.8 Å². The van der Waals surface area contributed by atoms with Gasteiger partial charge in [-0.25, -0.2) is 0 Å². The molecule has 2 heterocycles. The second-order valence-corrected chi connectivity index (χ2v) is 5.89. The van der Waals surface area contributed by atoms with Crippen molar-refractivity contribution < 1.29 is 22.4 Å². The smallest absolute Gasteiger partial charge is 0.298 e. The quantitative estimate of drug-likeness (QED) is 0.770. The standard InChI is InChI=1S/C9H8O5S2/c10-16(11,12)9-6-3-15-2-5(6)1-7-8(9)14-4-13-7/h1H,2-4H2,(H,10,11,12). The lowest BCUT2D eigenvalue weighted by Crippen LogP contribution is -2.05. The predicted molar refractivity (Wildman–Crippen MR) is 57.4 cm³/mol. The number of fused-ring (bicyclic) bond motifs is 2. The lowest BCUT2D eigenvalue weighted by Gasteiger charge is -2.08. The largest absolute Gasteiger partial charge is 0.454 e. The summed E-state index contributed by atoms with van der Waals surface area (Å²) in [5, 5.41) is 0. The summed E-state index contributed by atoms with van der Waals surface area (Å²) in [6.45, 7) is -0.00606. The Morgan fingerprint density at radius 3 is 2.88 bits per heavy atom. The summed E-state index contributed by atoms with van der Waals surface area (Å²) in [6.07, 6.45) is 0. The maximum Gasteiger partial charge on any atom is 0.298 e. The summed E-state index contributed by atoms with van der Waals surface area (Å²) < 4.78 is 42.2. The van der Waals surface area contributed by atoms with E-state index in [9.17, 15) is 13.0 Å². The second kappa shape index (κ2) is 3.28. The number of thioether (sulfide) groups is 1. The van der Waals surface area contributed by atoms with Gasteiger partial charge in [-0.15, -0.1) is 0 Å². The first-order valence-corrected chi connectivity index (χ1v) is 7.16. The molecule has 5 nitrogen and oxygen atoms in total. The highest BCUT2D eigenvalue weighted by Gasteiger charge is 2.32. The molecule has 0 atom stereocenters. The number of hydrogen-bond donors (Lipinski definition) is 1. The SMILES string of the molecule is O=S(=O)(O)c1c2c(cc3c1OCO3)CSC2. The van der Waals surface area contributed by atoms with Crippen LogP contribution in [0.15, 0.2) is 11.0 Å². The summed E-state index contributed by atoms with van der Waals surface area (Å²) in [5.41, 5.74) is 1.53. The van der Waals surface area contributed by atoms with Crippen molar-refractivity contribution in [1.82, 2.24) is 0 Å². The molecule has 0 radical (unpaired) electrons. The number of hydrogen-bond acceptors (Lipinski definition) is 5. The molecule has 3 rings (SSSR count). The molecule has 16 heavy (non-hydrogen) atoms. The van der Waals surface area contributed by atoms with Crippen LogP contribution in [0.1, 0.15) is 11.1 Å². The van der Waals surface area contributed by atoms with Gasteiger partial charge in [-0.2, -0.15) is 20.2 Å². The minimum atomic E-state index is -4.27. The van der Waals surface area contributed by atoms with Gasteiger partial charge in [-0.1, -0.05) is 0 Å². The Labute approximate surface area is 96.5 Å². The van der Waals surface area contributed by atoms with Crippen molar-refractivity contribution in [3.05, 3.63) is 17.2 Å². The van der Waals surface area contributed by atoms with Crippen LogP contribution in [0.4, 0.5) is 0 Å². The lowest BCUT2D eigenvalue weighted by molar-refractivity contribution is 0.172. The van der Waals surface area contributed by atoms with Crippen molar-refractivity contribution in [2.24, 2.45) is 0 Å². The maximum atomic E-state index is 11.4. The van der Waals surface area contributed by atoms with Gasteiger partial charge in [0.05, 0.1) is 0 Å². The number of rotatable bonds is 1. The van der Waals surface area contributed by atoms with E-state index in [-0.39, 0.29) is 17.4 Å². The molecule has 0 bridgehead atoms. The third kappa shape index (κ3) is 1.39. The van der Waals surface area contributed by atoms with Crippen molar-refractivity contribution in [3.8, 4) is 11.5 Å². The Morgan fingerprint density at radius 1 is 1.31 bits per heavy atom. The first-order valence-electron chi connectivity index (χ1n) is 4.57. The molecule has 0 amide bonds. The highest BCUT2D eigenvalue weighted by molar-refractivity contribution is 7.98. The second-order valence-electron chi connectivity index (χ2n) is 3.55. The Kier molecular flexibility index (Phi) is 2.10. The molecule has 0 unspecified atom stereocenters. The molecule has 0 aliphatic carbocycles. The number of ether oxygens (including phenoxy) is 2. The summed E-state index contributed by atoms with van der Waals surface area (Å²) in [7, 11) is -4.27. The summed E-state index contributed by atoms with van der Waals surface area (Å²) in [5.74, 6) is 1.84. The minimum Gasteiger partial charge on any atom is -0.454 e. The summed E-state index contributed by atoms with van der Waals surface area (Å²) >= 11 is 1.60. The van der Waals surface area contributed by atoms with Crippen molar-refractivity contribution in [2.75, 3.05) is 6.79 Å². The predicted octanol–water partition coefficient (Wildman–Crippen LogP) is 1.41. The topological polar surface area (TPSA) is 72.8 Å². The fourth-order valence-electron chi connectivity index (χ4n) is 1.92. The summed E-state index contributed by atoms with van der Waals surface area (Å²) in [6, 6.07) is 1.78. The molecular formula is C9H8O5S2. The van der Waals surface area contributed by atoms with Gasteiger partial charge in [0.25, 0.3) is 10.1 Å². The molecule has 2 aliphatic rings. The van der Waals surface area contributed by atoms with Crippen LogP contribution in [-0.2, 0) is 21.6 Å². The van der Waals surface area contributed by atoms with E-state index < -0.39 is 10.1 Å². The van der Waals surface area contributed by atoms with Gasteiger partial charge in [0.15, 0.2) is 11.5 Å². The molecule has 7 heteroatoms. The van der Waals surface area contributed by atoms with Gasteiger partial charge in [-0.05, 0) is 17.2 Å². The molecule has 0 saturated heterocycles. The third-order valence-electron chi connectivity index (χ3n) is 2.58. The molecule has 1 N–H and O–H groups in total. The molecule has 0 aromatic heterocycles. The first kappa shape index (κ1) is 10.2. The van der Waals surface area contributed by atoms with Crippen LogP contribution in [0, 0.1) is 0 Å². The molecule has 1 aromatic rings. The van der Waals surface area contributed by atoms with E-state index in [2.05, 4.69) is 0 Å². The van der Waals surface area contributed by atoms with Crippen LogP contribution in [0.5, 0.6) is 11.5 Å². The fraction of sp³-hybridized carbons (Fsp3) is 0.333. The van der Waals surface area contributed by atoms with E-state index in [0.29, 0.717) is 17.1 Å². The molecule has 0 spiro atoms. The van der Waals surface area contributed by atoms with E-state index in [0.717, 1.165) is 11.3 Å². The zero-order valence-electron chi connectivity index (χ0n) is 8.10. The van der Waals surface area contributed by atoms with Crippen molar-refractivity contribution in [3.63, 3.8) is 0 Å². The first-order chi connectivity index (χ1) is 7.57. The van der Waals surface area contributed by atoms with E-state index in [4.69, 9.17) is 9.47 Å². The van der Waals surface area contributed by atoms with Crippen molar-refractivity contribution >= 4 is 21.9 Å². The third-order valence-corrected chi connectivity index (χ3v) is 4.53. The van der Waals surface area contributed by atoms with Crippen molar-refractivity contribution in [1.29, 1.82) is 0 Å². The maximum absolute atomic E-state index is 11.4. The van der Waals surface area contributed by atoms with Gasteiger partial charge in [0.2, 0.25) is 6.79 Å². The van der Waals surface area contributed by atoms with Crippen LogP contribution in [0.25, 0.3) is 0 Å². The van der Waals surface area contributed by atoms with Crippen LogP contribution >= 0.6 is 11.8 Å². The molecule has 1 aromatic carbocycles. The van der Waals surface area contributed by atoms with Crippen molar-refractivity contribution in [2.45, 2.75) is 16.4 Å². The molecule has 0 fully saturated rings. The zero-order chi connectivity index (χ0) is 11.3. The Hall–Kier alpha value is -0.920. The van der Waals surface area contributed by atoms with Crippen LogP contribution in [0.2, 0.25) is 0 Å². The molecular weight excluding hydrogens is 252 g/mol. The van der Waals surface area contributed by atoms with Gasteiger partial charge in [0, 0.05) is 11.5 Å². The minimum absolute atomic E-state index is 0.00606. The van der Waals surface area contributed by atoms with Crippen LogP contribution in [0.3, 0.4) is 0 Å². The lowest BCUT2D eigenvalue weighted by atomic mass is 10.1. The molecule has 2 aliphatic heterocycles. The van der Waals surface area contributed by atoms with E-state index in [1.165, 1.54) is 0 Å². The van der Waals surface area contributed by atoms with E-state index in [1.807, 2.05) is 0 Å².